The van der Waals surface area contributed by atoms with Crippen LogP contribution in [0.25, 0.3) is 0 Å². The second-order valence-electron chi connectivity index (χ2n) is 10.9. The maximum atomic E-state index is 10.5. The molecule has 0 radical (unpaired) electrons. The van der Waals surface area contributed by atoms with Gasteiger partial charge >= 0.3 is 0 Å². The highest BCUT2D eigenvalue weighted by molar-refractivity contribution is 5.46. The van der Waals surface area contributed by atoms with Gasteiger partial charge in [-0.05, 0) is 76.8 Å². The van der Waals surface area contributed by atoms with Gasteiger partial charge in [-0.3, -0.25) is 0 Å². The molecule has 4 nitrogen and oxygen atoms in total. The molecule has 4 heteroatoms. The second-order valence-corrected chi connectivity index (χ2v) is 10.9. The summed E-state index contributed by atoms with van der Waals surface area (Å²) in [6.07, 6.45) is 13.6. The van der Waals surface area contributed by atoms with Gasteiger partial charge in [0.1, 0.15) is 17.3 Å². The van der Waals surface area contributed by atoms with E-state index in [4.69, 9.17) is 14.2 Å². The standard InChI is InChI=1S/C28H38O4/c1-19(9-10-21-17-22(30-7)16-20(2)24(21)29)15-23-18-26(5)11-8-12-27(26,6)28(31-23)14-13-25(3,4)32-28/h9,13-14,16-18,29H,8,10-12,15H2,1-7H3/b19-9+. The topological polar surface area (TPSA) is 47.9 Å². The van der Waals surface area contributed by atoms with Crippen molar-refractivity contribution in [2.24, 2.45) is 10.8 Å². The predicted molar refractivity (Wildman–Crippen MR) is 128 cm³/mol. The highest BCUT2D eigenvalue weighted by Crippen LogP contribution is 2.66. The second kappa shape index (κ2) is 7.69. The van der Waals surface area contributed by atoms with Crippen molar-refractivity contribution in [3.05, 3.63) is 58.9 Å². The normalized spacial score (nSPS) is 33.2. The molecule has 4 rings (SSSR count). The van der Waals surface area contributed by atoms with Crippen molar-refractivity contribution in [2.45, 2.75) is 85.0 Å². The summed E-state index contributed by atoms with van der Waals surface area (Å²) in [5, 5.41) is 10.5. The number of methoxy groups -OCH3 is 1. The van der Waals surface area contributed by atoms with E-state index in [2.05, 4.69) is 58.9 Å². The highest BCUT2D eigenvalue weighted by Gasteiger charge is 2.66. The van der Waals surface area contributed by atoms with Crippen LogP contribution < -0.4 is 4.74 Å². The van der Waals surface area contributed by atoms with Crippen molar-refractivity contribution in [3.63, 3.8) is 0 Å². The first-order valence-electron chi connectivity index (χ1n) is 11.8. The minimum absolute atomic E-state index is 0.0355. The SMILES string of the molecule is COc1cc(C)c(O)c(C/C=C(\C)CC2=CC3(C)CCCC3(C)C3(C=CC(C)(C)O3)O2)c1. The van der Waals surface area contributed by atoms with Gasteiger partial charge in [-0.2, -0.15) is 0 Å². The van der Waals surface area contributed by atoms with Crippen LogP contribution in [-0.2, 0) is 15.9 Å². The molecular formula is C28H38O4. The third kappa shape index (κ3) is 3.67. The first kappa shape index (κ1) is 23.0. The molecule has 3 aliphatic rings. The Morgan fingerprint density at radius 1 is 1.16 bits per heavy atom. The molecule has 1 fully saturated rings. The molecule has 174 valence electrons. The summed E-state index contributed by atoms with van der Waals surface area (Å²) in [5.74, 6) is 1.37. The molecule has 32 heavy (non-hydrogen) atoms. The molecule has 0 saturated heterocycles. The average Bonchev–Trinajstić information content (AvgIpc) is 3.20. The van der Waals surface area contributed by atoms with E-state index in [1.807, 2.05) is 19.1 Å². The van der Waals surface area contributed by atoms with E-state index in [-0.39, 0.29) is 16.4 Å². The maximum Gasteiger partial charge on any atom is 0.236 e. The number of rotatable bonds is 5. The van der Waals surface area contributed by atoms with Crippen molar-refractivity contribution in [1.29, 1.82) is 0 Å². The summed E-state index contributed by atoms with van der Waals surface area (Å²) >= 11 is 0. The molecule has 2 aliphatic heterocycles. The molecule has 0 bridgehead atoms. The minimum atomic E-state index is -0.714. The number of benzene rings is 1. The molecule has 1 aliphatic carbocycles. The fourth-order valence-electron chi connectivity index (χ4n) is 5.80. The zero-order chi connectivity index (χ0) is 23.4. The first-order valence-corrected chi connectivity index (χ1v) is 11.8. The molecule has 1 aromatic carbocycles. The van der Waals surface area contributed by atoms with Crippen molar-refractivity contribution >= 4 is 0 Å². The smallest absolute Gasteiger partial charge is 0.236 e. The van der Waals surface area contributed by atoms with Crippen molar-refractivity contribution in [2.75, 3.05) is 7.11 Å². The molecule has 1 saturated carbocycles. The van der Waals surface area contributed by atoms with Crippen molar-refractivity contribution in [1.82, 2.24) is 0 Å². The van der Waals surface area contributed by atoms with Crippen LogP contribution in [0.2, 0.25) is 0 Å². The molecule has 0 amide bonds. The van der Waals surface area contributed by atoms with Gasteiger partial charge in [-0.25, -0.2) is 0 Å². The number of aromatic hydroxyl groups is 1. The maximum absolute atomic E-state index is 10.5. The third-order valence-corrected chi connectivity index (χ3v) is 8.00. The molecular weight excluding hydrogens is 400 g/mol. The summed E-state index contributed by atoms with van der Waals surface area (Å²) in [4.78, 5) is 0. The number of aryl methyl sites for hydroxylation is 1. The van der Waals surface area contributed by atoms with Gasteiger partial charge in [0.2, 0.25) is 5.79 Å². The summed E-state index contributed by atoms with van der Waals surface area (Å²) < 4.78 is 18.7. The molecule has 3 unspecified atom stereocenters. The molecule has 1 aromatic rings. The van der Waals surface area contributed by atoms with Gasteiger partial charge in [0.15, 0.2) is 0 Å². The van der Waals surface area contributed by atoms with Gasteiger partial charge in [0, 0.05) is 22.8 Å². The van der Waals surface area contributed by atoms with Crippen molar-refractivity contribution in [3.8, 4) is 11.5 Å². The van der Waals surface area contributed by atoms with E-state index in [9.17, 15) is 5.11 Å². The number of phenols is 1. The number of hydrogen-bond donors (Lipinski definition) is 1. The fourth-order valence-corrected chi connectivity index (χ4v) is 5.80. The summed E-state index contributed by atoms with van der Waals surface area (Å²) in [5.41, 5.74) is 2.52. The fraction of sp³-hybridized carbons (Fsp3) is 0.571. The molecule has 3 atom stereocenters. The monoisotopic (exact) mass is 438 g/mol. The Morgan fingerprint density at radius 2 is 1.91 bits per heavy atom. The number of hydrogen-bond acceptors (Lipinski definition) is 4. The lowest BCUT2D eigenvalue weighted by Crippen LogP contribution is -2.57. The summed E-state index contributed by atoms with van der Waals surface area (Å²) in [6.45, 7) is 12.9. The Kier molecular flexibility index (Phi) is 5.52. The van der Waals surface area contributed by atoms with Crippen LogP contribution >= 0.6 is 0 Å². The Morgan fingerprint density at radius 3 is 2.56 bits per heavy atom. The van der Waals surface area contributed by atoms with E-state index >= 15 is 0 Å². The van der Waals surface area contributed by atoms with Crippen LogP contribution in [0.3, 0.4) is 0 Å². The summed E-state index contributed by atoms with van der Waals surface area (Å²) in [6, 6.07) is 3.76. The zero-order valence-electron chi connectivity index (χ0n) is 20.7. The van der Waals surface area contributed by atoms with Crippen LogP contribution in [0.4, 0.5) is 0 Å². The summed E-state index contributed by atoms with van der Waals surface area (Å²) in [7, 11) is 1.65. The van der Waals surface area contributed by atoms with Crippen molar-refractivity contribution < 1.29 is 19.3 Å². The number of ether oxygens (including phenoxy) is 3. The quantitative estimate of drug-likeness (QED) is 0.516. The number of phenolic OH excluding ortho intramolecular Hbond substituents is 1. The lowest BCUT2D eigenvalue weighted by atomic mass is 9.61. The Hall–Kier alpha value is -2.20. The molecule has 1 N–H and O–H groups in total. The average molecular weight is 439 g/mol. The van der Waals surface area contributed by atoms with Gasteiger partial charge in [-0.1, -0.05) is 38.0 Å². The molecule has 1 spiro atoms. The third-order valence-electron chi connectivity index (χ3n) is 8.00. The minimum Gasteiger partial charge on any atom is -0.507 e. The van der Waals surface area contributed by atoms with E-state index in [0.29, 0.717) is 12.2 Å². The van der Waals surface area contributed by atoms with E-state index in [1.54, 1.807) is 7.11 Å². The van der Waals surface area contributed by atoms with Gasteiger partial charge in [0.05, 0.1) is 12.7 Å². The number of allylic oxidation sites excluding steroid dienone is 3. The molecule has 0 aromatic heterocycles. The largest absolute Gasteiger partial charge is 0.507 e. The van der Waals surface area contributed by atoms with Gasteiger partial charge in [-0.15, -0.1) is 0 Å². The predicted octanol–water partition coefficient (Wildman–Crippen LogP) is 6.76. The van der Waals surface area contributed by atoms with Crippen LogP contribution in [0.1, 0.15) is 71.4 Å². The Bertz CT molecular complexity index is 1000. The Balaban J connectivity index is 1.58. The van der Waals surface area contributed by atoms with E-state index in [1.165, 1.54) is 12.0 Å². The lowest BCUT2D eigenvalue weighted by Gasteiger charge is -2.54. The van der Waals surface area contributed by atoms with Crippen LogP contribution in [0, 0.1) is 17.8 Å². The first-order chi connectivity index (χ1) is 14.9. The highest BCUT2D eigenvalue weighted by atomic mass is 16.7. The van der Waals surface area contributed by atoms with Crippen LogP contribution in [-0.4, -0.2) is 23.6 Å². The van der Waals surface area contributed by atoms with Crippen LogP contribution in [0.15, 0.2) is 47.8 Å². The van der Waals surface area contributed by atoms with Gasteiger partial charge < -0.3 is 19.3 Å². The lowest BCUT2D eigenvalue weighted by molar-refractivity contribution is -0.292. The molecule has 2 heterocycles. The van der Waals surface area contributed by atoms with Crippen LogP contribution in [0.5, 0.6) is 11.5 Å². The van der Waals surface area contributed by atoms with Gasteiger partial charge in [0.25, 0.3) is 0 Å². The van der Waals surface area contributed by atoms with E-state index < -0.39 is 5.79 Å². The van der Waals surface area contributed by atoms with E-state index in [0.717, 1.165) is 41.9 Å². The Labute approximate surface area is 193 Å². The zero-order valence-corrected chi connectivity index (χ0v) is 20.7. The number of fused-ring (bicyclic) bond motifs is 2.